The molecule has 1 fully saturated rings. The maximum atomic E-state index is 11.3. The zero-order chi connectivity index (χ0) is 14.9. The Balaban J connectivity index is 2.38. The number of aliphatic hydroxyl groups is 1. The Bertz CT molecular complexity index is 512. The molecule has 0 spiro atoms. The van der Waals surface area contributed by atoms with Crippen LogP contribution in [0.5, 0.6) is 0 Å². The van der Waals surface area contributed by atoms with Crippen LogP contribution in [0.3, 0.4) is 0 Å². The van der Waals surface area contributed by atoms with Crippen molar-refractivity contribution in [3.8, 4) is 0 Å². The molecule has 1 aliphatic heterocycles. The molecule has 1 aromatic carbocycles. The van der Waals surface area contributed by atoms with Gasteiger partial charge in [0, 0.05) is 19.2 Å². The Morgan fingerprint density at radius 1 is 1.45 bits per heavy atom. The van der Waals surface area contributed by atoms with Gasteiger partial charge in [-0.25, -0.2) is 0 Å². The predicted octanol–water partition coefficient (Wildman–Crippen LogP) is 3.27. The lowest BCUT2D eigenvalue weighted by atomic mass is 9.84. The van der Waals surface area contributed by atoms with Gasteiger partial charge in [-0.2, -0.15) is 0 Å². The monoisotopic (exact) mass is 278 g/mol. The second-order valence-corrected chi connectivity index (χ2v) is 6.37. The maximum Gasteiger partial charge on any atom is 0.292 e. The van der Waals surface area contributed by atoms with Gasteiger partial charge >= 0.3 is 0 Å². The highest BCUT2D eigenvalue weighted by Gasteiger charge is 2.30. The molecule has 0 amide bonds. The van der Waals surface area contributed by atoms with E-state index in [1.165, 1.54) is 6.07 Å². The van der Waals surface area contributed by atoms with Crippen LogP contribution in [-0.2, 0) is 0 Å². The number of anilines is 1. The number of piperidine rings is 1. The van der Waals surface area contributed by atoms with Crippen LogP contribution in [0.15, 0.2) is 18.2 Å². The Morgan fingerprint density at radius 3 is 2.70 bits per heavy atom. The molecule has 0 radical (unpaired) electrons. The highest BCUT2D eigenvalue weighted by Crippen LogP contribution is 2.37. The minimum atomic E-state index is -0.694. The Kier molecular flexibility index (Phi) is 3.99. The zero-order valence-corrected chi connectivity index (χ0v) is 12.3. The number of nitrogens with zero attached hydrogens (tertiary/aromatic N) is 2. The van der Waals surface area contributed by atoms with Crippen molar-refractivity contribution in [3.05, 3.63) is 33.9 Å². The summed E-state index contributed by atoms with van der Waals surface area (Å²) in [5.41, 5.74) is 1.50. The minimum absolute atomic E-state index is 0.0844. The van der Waals surface area contributed by atoms with Crippen molar-refractivity contribution in [1.82, 2.24) is 0 Å². The normalized spacial score (nSPS) is 19.7. The molecule has 1 N–H and O–H groups in total. The van der Waals surface area contributed by atoms with Gasteiger partial charge in [-0.3, -0.25) is 10.1 Å². The number of hydrogen-bond donors (Lipinski definition) is 1. The van der Waals surface area contributed by atoms with Crippen molar-refractivity contribution in [1.29, 1.82) is 0 Å². The first kappa shape index (κ1) is 14.8. The molecule has 5 nitrogen and oxygen atoms in total. The Labute approximate surface area is 119 Å². The van der Waals surface area contributed by atoms with Crippen molar-refractivity contribution in [2.24, 2.45) is 5.41 Å². The van der Waals surface area contributed by atoms with Gasteiger partial charge in [0.2, 0.25) is 0 Å². The van der Waals surface area contributed by atoms with Crippen molar-refractivity contribution >= 4 is 11.4 Å². The van der Waals surface area contributed by atoms with Gasteiger partial charge in [0.15, 0.2) is 0 Å². The van der Waals surface area contributed by atoms with E-state index in [1.807, 2.05) is 0 Å². The summed E-state index contributed by atoms with van der Waals surface area (Å²) in [7, 11) is 0. The summed E-state index contributed by atoms with van der Waals surface area (Å²) in [6.07, 6.45) is 1.49. The van der Waals surface area contributed by atoms with Crippen molar-refractivity contribution in [3.63, 3.8) is 0 Å². The zero-order valence-electron chi connectivity index (χ0n) is 12.3. The van der Waals surface area contributed by atoms with Crippen LogP contribution in [0.1, 0.15) is 45.3 Å². The van der Waals surface area contributed by atoms with Crippen LogP contribution in [0, 0.1) is 15.5 Å². The third-order valence-corrected chi connectivity index (χ3v) is 3.92. The third-order valence-electron chi connectivity index (χ3n) is 3.92. The average Bonchev–Trinajstić information content (AvgIpc) is 2.36. The summed E-state index contributed by atoms with van der Waals surface area (Å²) in [6.45, 7) is 7.66. The SMILES string of the molecule is CC(O)c1ccc(N2CCCC(C)(C)C2)c([N+](=O)[O-])c1. The van der Waals surface area contributed by atoms with E-state index < -0.39 is 6.10 Å². The second kappa shape index (κ2) is 5.40. The van der Waals surface area contributed by atoms with Gasteiger partial charge < -0.3 is 10.0 Å². The molecule has 1 saturated heterocycles. The van der Waals surface area contributed by atoms with Gasteiger partial charge in [-0.15, -0.1) is 0 Å². The molecule has 20 heavy (non-hydrogen) atoms. The topological polar surface area (TPSA) is 66.6 Å². The lowest BCUT2D eigenvalue weighted by Crippen LogP contribution is -2.40. The highest BCUT2D eigenvalue weighted by atomic mass is 16.6. The summed E-state index contributed by atoms with van der Waals surface area (Å²) in [5.74, 6) is 0. The smallest absolute Gasteiger partial charge is 0.292 e. The molecule has 1 heterocycles. The fraction of sp³-hybridized carbons (Fsp3) is 0.600. The third kappa shape index (κ3) is 3.10. The number of nitro groups is 1. The molecule has 1 aliphatic rings. The van der Waals surface area contributed by atoms with Crippen LogP contribution in [0.4, 0.5) is 11.4 Å². The minimum Gasteiger partial charge on any atom is -0.389 e. The molecule has 0 bridgehead atoms. The van der Waals surface area contributed by atoms with E-state index in [9.17, 15) is 15.2 Å². The lowest BCUT2D eigenvalue weighted by molar-refractivity contribution is -0.384. The molecule has 1 atom stereocenters. The Morgan fingerprint density at radius 2 is 2.15 bits per heavy atom. The van der Waals surface area contributed by atoms with Crippen LogP contribution >= 0.6 is 0 Å². The summed E-state index contributed by atoms with van der Waals surface area (Å²) >= 11 is 0. The van der Waals surface area contributed by atoms with E-state index in [2.05, 4.69) is 18.7 Å². The van der Waals surface area contributed by atoms with Crippen LogP contribution < -0.4 is 4.90 Å². The van der Waals surface area contributed by atoms with E-state index in [4.69, 9.17) is 0 Å². The van der Waals surface area contributed by atoms with Crippen molar-refractivity contribution < 1.29 is 10.0 Å². The number of nitro benzene ring substituents is 1. The standard InChI is InChI=1S/C15H22N2O3/c1-11(18)12-5-6-13(14(9-12)17(19)20)16-8-4-7-15(2,3)10-16/h5-6,9,11,18H,4,7-8,10H2,1-3H3. The van der Waals surface area contributed by atoms with Gasteiger partial charge in [-0.05, 0) is 36.8 Å². The molecule has 110 valence electrons. The summed E-state index contributed by atoms with van der Waals surface area (Å²) in [6, 6.07) is 5.03. The summed E-state index contributed by atoms with van der Waals surface area (Å²) in [5, 5.41) is 20.9. The number of hydrogen-bond acceptors (Lipinski definition) is 4. The number of aliphatic hydroxyl groups excluding tert-OH is 1. The molecule has 1 aromatic rings. The van der Waals surface area contributed by atoms with Crippen LogP contribution in [0.2, 0.25) is 0 Å². The fourth-order valence-electron chi connectivity index (χ4n) is 2.84. The summed E-state index contributed by atoms with van der Waals surface area (Å²) in [4.78, 5) is 13.0. The van der Waals surface area contributed by atoms with Gasteiger partial charge in [0.05, 0.1) is 11.0 Å². The molecule has 0 saturated carbocycles. The van der Waals surface area contributed by atoms with Crippen LogP contribution in [-0.4, -0.2) is 23.1 Å². The van der Waals surface area contributed by atoms with Gasteiger partial charge in [0.25, 0.3) is 5.69 Å². The molecule has 1 unspecified atom stereocenters. The number of benzene rings is 1. The number of rotatable bonds is 3. The van der Waals surface area contributed by atoms with Gasteiger partial charge in [0.1, 0.15) is 5.69 Å². The highest BCUT2D eigenvalue weighted by molar-refractivity contribution is 5.65. The first-order valence-electron chi connectivity index (χ1n) is 7.01. The summed E-state index contributed by atoms with van der Waals surface area (Å²) < 4.78 is 0. The van der Waals surface area contributed by atoms with E-state index in [-0.39, 0.29) is 16.0 Å². The van der Waals surface area contributed by atoms with E-state index in [0.29, 0.717) is 11.3 Å². The first-order chi connectivity index (χ1) is 9.30. The molecule has 5 heteroatoms. The lowest BCUT2D eigenvalue weighted by Gasteiger charge is -2.39. The van der Waals surface area contributed by atoms with Crippen molar-refractivity contribution in [2.45, 2.75) is 39.7 Å². The quantitative estimate of drug-likeness (QED) is 0.680. The maximum absolute atomic E-state index is 11.3. The van der Waals surface area contributed by atoms with Gasteiger partial charge in [-0.1, -0.05) is 19.9 Å². The second-order valence-electron chi connectivity index (χ2n) is 6.37. The van der Waals surface area contributed by atoms with Crippen molar-refractivity contribution in [2.75, 3.05) is 18.0 Å². The fourth-order valence-corrected chi connectivity index (χ4v) is 2.84. The average molecular weight is 278 g/mol. The Hall–Kier alpha value is -1.62. The first-order valence-corrected chi connectivity index (χ1v) is 7.01. The van der Waals surface area contributed by atoms with E-state index in [0.717, 1.165) is 25.9 Å². The molecular weight excluding hydrogens is 256 g/mol. The molecule has 0 aliphatic carbocycles. The largest absolute Gasteiger partial charge is 0.389 e. The van der Waals surface area contributed by atoms with E-state index in [1.54, 1.807) is 19.1 Å². The van der Waals surface area contributed by atoms with E-state index >= 15 is 0 Å². The predicted molar refractivity (Wildman–Crippen MR) is 79.0 cm³/mol. The van der Waals surface area contributed by atoms with Crippen LogP contribution in [0.25, 0.3) is 0 Å². The molecular formula is C15H22N2O3. The molecule has 0 aromatic heterocycles. The molecule has 2 rings (SSSR count).